The lowest BCUT2D eigenvalue weighted by Gasteiger charge is -2.14. The van der Waals surface area contributed by atoms with Crippen LogP contribution in [0, 0.1) is 0 Å². The number of benzene rings is 1. The van der Waals surface area contributed by atoms with Gasteiger partial charge in [0.2, 0.25) is 0 Å². The van der Waals surface area contributed by atoms with Crippen molar-refractivity contribution in [3.63, 3.8) is 0 Å². The number of hydrogen-bond acceptors (Lipinski definition) is 3. The molecule has 0 fully saturated rings. The molecule has 0 radical (unpaired) electrons. The van der Waals surface area contributed by atoms with E-state index in [0.29, 0.717) is 6.04 Å². The third kappa shape index (κ3) is 3.58. The molecule has 3 rings (SSSR count). The Balaban J connectivity index is 1.53. The van der Waals surface area contributed by atoms with E-state index >= 15 is 0 Å². The maximum absolute atomic E-state index is 4.06. The average molecular weight is 281 g/mol. The lowest BCUT2D eigenvalue weighted by Crippen LogP contribution is -2.29. The van der Waals surface area contributed by atoms with Crippen molar-refractivity contribution in [2.24, 2.45) is 0 Å². The van der Waals surface area contributed by atoms with E-state index in [1.165, 1.54) is 5.56 Å². The predicted octanol–water partition coefficient (Wildman–Crippen LogP) is 2.25. The molecule has 108 valence electrons. The lowest BCUT2D eigenvalue weighted by molar-refractivity contribution is 0.476. The highest BCUT2D eigenvalue weighted by Crippen LogP contribution is 2.09. The van der Waals surface area contributed by atoms with Crippen LogP contribution in [0.5, 0.6) is 0 Å². The van der Waals surface area contributed by atoms with Crippen LogP contribution in [0.4, 0.5) is 0 Å². The normalized spacial score (nSPS) is 12.4. The van der Waals surface area contributed by atoms with Gasteiger partial charge in [-0.1, -0.05) is 12.1 Å². The van der Waals surface area contributed by atoms with E-state index in [-0.39, 0.29) is 0 Å². The predicted molar refractivity (Wildman–Crippen MR) is 82.1 cm³/mol. The molecule has 1 unspecified atom stereocenters. The van der Waals surface area contributed by atoms with Crippen LogP contribution >= 0.6 is 0 Å². The molecule has 1 N–H and O–H groups in total. The molecule has 0 aliphatic rings. The van der Waals surface area contributed by atoms with Crippen molar-refractivity contribution in [1.29, 1.82) is 0 Å². The summed E-state index contributed by atoms with van der Waals surface area (Å²) in [6.45, 7) is 3.97. The van der Waals surface area contributed by atoms with Crippen LogP contribution in [0.25, 0.3) is 5.69 Å². The highest BCUT2D eigenvalue weighted by Gasteiger charge is 2.03. The van der Waals surface area contributed by atoms with E-state index < -0.39 is 0 Å². The summed E-state index contributed by atoms with van der Waals surface area (Å²) in [4.78, 5) is 8.11. The third-order valence-electron chi connectivity index (χ3n) is 3.44. The molecule has 5 heteroatoms. The van der Waals surface area contributed by atoms with Gasteiger partial charge in [-0.05, 0) is 24.6 Å². The molecule has 1 aromatic carbocycles. The molecule has 1 atom stereocenters. The molecule has 0 saturated heterocycles. The van der Waals surface area contributed by atoms with E-state index in [1.54, 1.807) is 12.5 Å². The Labute approximate surface area is 124 Å². The second-order valence-corrected chi connectivity index (χ2v) is 5.18. The van der Waals surface area contributed by atoms with Crippen molar-refractivity contribution in [1.82, 2.24) is 24.4 Å². The Morgan fingerprint density at radius 2 is 1.81 bits per heavy atom. The van der Waals surface area contributed by atoms with Gasteiger partial charge in [-0.25, -0.2) is 9.97 Å². The van der Waals surface area contributed by atoms with Crippen LogP contribution in [0.1, 0.15) is 12.5 Å². The molecule has 0 amide bonds. The highest BCUT2D eigenvalue weighted by molar-refractivity contribution is 5.34. The molecule has 0 saturated carbocycles. The zero-order valence-electron chi connectivity index (χ0n) is 12.1. The standard InChI is InChI=1S/C16H19N5/c1-14(11-20-8-6-17-12-20)19-10-15-2-4-16(5-3-15)21-9-7-18-13-21/h2-9,12-14,19H,10-11H2,1H3. The number of aromatic nitrogens is 4. The fourth-order valence-corrected chi connectivity index (χ4v) is 2.27. The van der Waals surface area contributed by atoms with Gasteiger partial charge in [-0.2, -0.15) is 0 Å². The van der Waals surface area contributed by atoms with E-state index in [4.69, 9.17) is 0 Å². The van der Waals surface area contributed by atoms with Crippen LogP contribution < -0.4 is 5.32 Å². The minimum absolute atomic E-state index is 0.396. The fraction of sp³-hybridized carbons (Fsp3) is 0.250. The molecule has 5 nitrogen and oxygen atoms in total. The van der Waals surface area contributed by atoms with Gasteiger partial charge >= 0.3 is 0 Å². The monoisotopic (exact) mass is 281 g/mol. The Hall–Kier alpha value is -2.40. The summed E-state index contributed by atoms with van der Waals surface area (Å²) in [7, 11) is 0. The average Bonchev–Trinajstić information content (AvgIpc) is 3.19. The first-order valence-electron chi connectivity index (χ1n) is 7.07. The number of nitrogens with zero attached hydrogens (tertiary/aromatic N) is 4. The first-order valence-corrected chi connectivity index (χ1v) is 7.07. The van der Waals surface area contributed by atoms with E-state index in [9.17, 15) is 0 Å². The largest absolute Gasteiger partial charge is 0.336 e. The molecule has 0 aliphatic heterocycles. The quantitative estimate of drug-likeness (QED) is 0.754. The number of rotatable bonds is 6. The molecule has 3 aromatic rings. The van der Waals surface area contributed by atoms with Crippen LogP contribution in [0.15, 0.2) is 61.7 Å². The zero-order valence-corrected chi connectivity index (χ0v) is 12.1. The topological polar surface area (TPSA) is 47.7 Å². The second kappa shape index (κ2) is 6.37. The first-order chi connectivity index (χ1) is 10.3. The first kappa shape index (κ1) is 13.6. The molecule has 2 aromatic heterocycles. The Morgan fingerprint density at radius 3 is 2.48 bits per heavy atom. The maximum atomic E-state index is 4.06. The fourth-order valence-electron chi connectivity index (χ4n) is 2.27. The summed E-state index contributed by atoms with van der Waals surface area (Å²) < 4.78 is 4.08. The van der Waals surface area contributed by atoms with Crippen molar-refractivity contribution in [3.8, 4) is 5.69 Å². The van der Waals surface area contributed by atoms with Gasteiger partial charge in [0, 0.05) is 49.6 Å². The molecule has 21 heavy (non-hydrogen) atoms. The summed E-state index contributed by atoms with van der Waals surface area (Å²) in [5.74, 6) is 0. The van der Waals surface area contributed by atoms with Crippen LogP contribution in [-0.2, 0) is 13.1 Å². The Bertz CT molecular complexity index is 641. The van der Waals surface area contributed by atoms with Crippen molar-refractivity contribution >= 4 is 0 Å². The number of hydrogen-bond donors (Lipinski definition) is 1. The van der Waals surface area contributed by atoms with Gasteiger partial charge in [0.15, 0.2) is 0 Å². The molecule has 0 bridgehead atoms. The molecular formula is C16H19N5. The highest BCUT2D eigenvalue weighted by atomic mass is 15.1. The molecule has 0 aliphatic carbocycles. The minimum atomic E-state index is 0.396. The van der Waals surface area contributed by atoms with Crippen molar-refractivity contribution in [3.05, 3.63) is 67.3 Å². The second-order valence-electron chi connectivity index (χ2n) is 5.18. The van der Waals surface area contributed by atoms with Gasteiger partial charge in [-0.15, -0.1) is 0 Å². The summed E-state index contributed by atoms with van der Waals surface area (Å²) in [5.41, 5.74) is 2.40. The van der Waals surface area contributed by atoms with Gasteiger partial charge in [0.25, 0.3) is 0 Å². The SMILES string of the molecule is CC(Cn1ccnc1)NCc1ccc(-n2ccnc2)cc1. The zero-order chi connectivity index (χ0) is 14.5. The van der Waals surface area contributed by atoms with Gasteiger partial charge < -0.3 is 14.5 Å². The van der Waals surface area contributed by atoms with Crippen molar-refractivity contribution < 1.29 is 0 Å². The minimum Gasteiger partial charge on any atom is -0.336 e. The van der Waals surface area contributed by atoms with E-state index in [1.807, 2.05) is 29.5 Å². The summed E-state index contributed by atoms with van der Waals surface area (Å²) in [6, 6.07) is 8.91. The van der Waals surface area contributed by atoms with Crippen molar-refractivity contribution in [2.45, 2.75) is 26.1 Å². The van der Waals surface area contributed by atoms with Gasteiger partial charge in [0.1, 0.15) is 0 Å². The van der Waals surface area contributed by atoms with Crippen LogP contribution in [0.2, 0.25) is 0 Å². The maximum Gasteiger partial charge on any atom is 0.0991 e. The Kier molecular flexibility index (Phi) is 4.12. The van der Waals surface area contributed by atoms with Gasteiger partial charge in [-0.3, -0.25) is 0 Å². The van der Waals surface area contributed by atoms with Crippen LogP contribution in [-0.4, -0.2) is 25.1 Å². The van der Waals surface area contributed by atoms with Crippen LogP contribution in [0.3, 0.4) is 0 Å². The summed E-state index contributed by atoms with van der Waals surface area (Å²) in [5, 5.41) is 3.52. The molecular weight excluding hydrogens is 262 g/mol. The van der Waals surface area contributed by atoms with E-state index in [2.05, 4.69) is 51.0 Å². The van der Waals surface area contributed by atoms with Gasteiger partial charge in [0.05, 0.1) is 12.7 Å². The summed E-state index contributed by atoms with van der Waals surface area (Å²) >= 11 is 0. The number of nitrogens with one attached hydrogen (secondary N) is 1. The number of imidazole rings is 2. The summed E-state index contributed by atoms with van der Waals surface area (Å²) in [6.07, 6.45) is 11.2. The van der Waals surface area contributed by atoms with Crippen molar-refractivity contribution in [2.75, 3.05) is 0 Å². The lowest BCUT2D eigenvalue weighted by atomic mass is 10.2. The Morgan fingerprint density at radius 1 is 1.05 bits per heavy atom. The molecule has 0 spiro atoms. The smallest absolute Gasteiger partial charge is 0.0991 e. The van der Waals surface area contributed by atoms with E-state index in [0.717, 1.165) is 18.8 Å². The third-order valence-corrected chi connectivity index (χ3v) is 3.44. The molecule has 2 heterocycles.